The zero-order valence-corrected chi connectivity index (χ0v) is 13.9. The normalized spacial score (nSPS) is 15.6. The van der Waals surface area contributed by atoms with Gasteiger partial charge in [-0.1, -0.05) is 42.5 Å². The second-order valence-corrected chi connectivity index (χ2v) is 7.37. The van der Waals surface area contributed by atoms with E-state index in [1.807, 2.05) is 59.5 Å². The molecule has 1 amide bonds. The maximum atomic E-state index is 12.3. The smallest absolute Gasteiger partial charge is 0.253 e. The van der Waals surface area contributed by atoms with Gasteiger partial charge in [-0.2, -0.15) is 0 Å². The summed E-state index contributed by atoms with van der Waals surface area (Å²) < 4.78 is 12.2. The summed E-state index contributed by atoms with van der Waals surface area (Å²) in [6.07, 6.45) is 2.20. The molecule has 1 heterocycles. The zero-order chi connectivity index (χ0) is 16.1. The van der Waals surface area contributed by atoms with E-state index in [1.54, 1.807) is 0 Å². The summed E-state index contributed by atoms with van der Waals surface area (Å²) in [5, 5.41) is 0. The standard InChI is InChI=1S/C19H21NO2S/c21-19(20-12-4-5-13-20)18-10-8-17(9-11-18)15-23(22)14-16-6-2-1-3-7-16/h1-3,6-11H,4-5,12-15H2. The minimum Gasteiger partial charge on any atom is -0.339 e. The third-order valence-electron chi connectivity index (χ3n) is 4.09. The van der Waals surface area contributed by atoms with Gasteiger partial charge in [-0.25, -0.2) is 0 Å². The van der Waals surface area contributed by atoms with Crippen molar-refractivity contribution in [2.45, 2.75) is 24.3 Å². The van der Waals surface area contributed by atoms with Crippen LogP contribution in [0.15, 0.2) is 54.6 Å². The first-order valence-corrected chi connectivity index (χ1v) is 9.48. The predicted molar refractivity (Wildman–Crippen MR) is 93.6 cm³/mol. The number of likely N-dealkylation sites (tertiary alicyclic amines) is 1. The van der Waals surface area contributed by atoms with Crippen LogP contribution in [0.3, 0.4) is 0 Å². The van der Waals surface area contributed by atoms with Gasteiger partial charge in [0.25, 0.3) is 5.91 Å². The molecule has 0 saturated carbocycles. The summed E-state index contributed by atoms with van der Waals surface area (Å²) in [7, 11) is -0.937. The van der Waals surface area contributed by atoms with Gasteiger partial charge in [0.1, 0.15) is 0 Å². The molecule has 1 fully saturated rings. The zero-order valence-electron chi connectivity index (χ0n) is 13.1. The van der Waals surface area contributed by atoms with Crippen LogP contribution in [0, 0.1) is 0 Å². The van der Waals surface area contributed by atoms with Crippen LogP contribution in [-0.4, -0.2) is 28.1 Å². The highest BCUT2D eigenvalue weighted by atomic mass is 32.2. The molecule has 0 spiro atoms. The minimum absolute atomic E-state index is 0.111. The lowest BCUT2D eigenvalue weighted by atomic mass is 10.1. The molecule has 23 heavy (non-hydrogen) atoms. The summed E-state index contributed by atoms with van der Waals surface area (Å²) in [5.74, 6) is 1.20. The molecular formula is C19H21NO2S. The fourth-order valence-electron chi connectivity index (χ4n) is 2.84. The van der Waals surface area contributed by atoms with E-state index in [4.69, 9.17) is 0 Å². The van der Waals surface area contributed by atoms with E-state index in [-0.39, 0.29) is 5.91 Å². The Morgan fingerprint density at radius 3 is 2.04 bits per heavy atom. The second kappa shape index (κ2) is 7.55. The molecule has 0 bridgehead atoms. The van der Waals surface area contributed by atoms with Crippen molar-refractivity contribution >= 4 is 16.7 Å². The van der Waals surface area contributed by atoms with E-state index < -0.39 is 10.8 Å². The highest BCUT2D eigenvalue weighted by Gasteiger charge is 2.19. The quantitative estimate of drug-likeness (QED) is 0.844. The van der Waals surface area contributed by atoms with Crippen LogP contribution in [0.1, 0.15) is 34.3 Å². The number of rotatable bonds is 5. The molecule has 1 aliphatic rings. The Morgan fingerprint density at radius 2 is 1.43 bits per heavy atom. The molecule has 120 valence electrons. The van der Waals surface area contributed by atoms with E-state index in [2.05, 4.69) is 0 Å². The third kappa shape index (κ3) is 4.29. The molecule has 1 aliphatic heterocycles. The third-order valence-corrected chi connectivity index (χ3v) is 5.40. The predicted octanol–water partition coefficient (Wildman–Crippen LogP) is 3.37. The molecule has 1 saturated heterocycles. The first-order valence-electron chi connectivity index (χ1n) is 7.99. The van der Waals surface area contributed by atoms with E-state index >= 15 is 0 Å². The number of benzene rings is 2. The maximum absolute atomic E-state index is 12.3. The summed E-state index contributed by atoms with van der Waals surface area (Å²) in [5.41, 5.74) is 2.83. The Hall–Kier alpha value is -1.94. The number of nitrogens with zero attached hydrogens (tertiary/aromatic N) is 1. The van der Waals surface area contributed by atoms with Gasteiger partial charge in [0.2, 0.25) is 0 Å². The van der Waals surface area contributed by atoms with Crippen molar-refractivity contribution in [3.05, 3.63) is 71.3 Å². The number of carbonyl (C=O) groups excluding carboxylic acids is 1. The molecule has 3 nitrogen and oxygen atoms in total. The molecule has 0 aromatic heterocycles. The van der Waals surface area contributed by atoms with Gasteiger partial charge < -0.3 is 4.90 Å². The van der Waals surface area contributed by atoms with Crippen molar-refractivity contribution < 1.29 is 9.00 Å². The number of carbonyl (C=O) groups is 1. The van der Waals surface area contributed by atoms with Gasteiger partial charge >= 0.3 is 0 Å². The number of hydrogen-bond donors (Lipinski definition) is 0. The maximum Gasteiger partial charge on any atom is 0.253 e. The Bertz CT molecular complexity index is 676. The molecule has 2 aromatic rings. The Morgan fingerprint density at radius 1 is 0.870 bits per heavy atom. The fourth-order valence-corrected chi connectivity index (χ4v) is 4.07. The molecule has 0 radical (unpaired) electrons. The van der Waals surface area contributed by atoms with Gasteiger partial charge in [0.15, 0.2) is 0 Å². The lowest BCUT2D eigenvalue weighted by molar-refractivity contribution is 0.0793. The molecule has 2 aromatic carbocycles. The topological polar surface area (TPSA) is 37.4 Å². The first-order chi connectivity index (χ1) is 11.2. The van der Waals surface area contributed by atoms with Crippen LogP contribution in [-0.2, 0) is 22.3 Å². The summed E-state index contributed by atoms with van der Waals surface area (Å²) >= 11 is 0. The molecule has 1 unspecified atom stereocenters. The lowest BCUT2D eigenvalue weighted by Gasteiger charge is -2.15. The van der Waals surface area contributed by atoms with Gasteiger partial charge in [-0.05, 0) is 36.1 Å². The van der Waals surface area contributed by atoms with Crippen LogP contribution in [0.5, 0.6) is 0 Å². The Balaban J connectivity index is 1.58. The van der Waals surface area contributed by atoms with E-state index in [9.17, 15) is 9.00 Å². The second-order valence-electron chi connectivity index (χ2n) is 5.91. The molecule has 0 aliphatic carbocycles. The summed E-state index contributed by atoms with van der Waals surface area (Å²) in [4.78, 5) is 14.2. The van der Waals surface area contributed by atoms with Gasteiger partial charge in [-0.15, -0.1) is 0 Å². The fraction of sp³-hybridized carbons (Fsp3) is 0.316. The minimum atomic E-state index is -0.937. The molecule has 3 rings (SSSR count). The van der Waals surface area contributed by atoms with E-state index in [1.165, 1.54) is 0 Å². The van der Waals surface area contributed by atoms with E-state index in [0.29, 0.717) is 11.5 Å². The lowest BCUT2D eigenvalue weighted by Crippen LogP contribution is -2.27. The highest BCUT2D eigenvalue weighted by Crippen LogP contribution is 2.15. The molecule has 4 heteroatoms. The van der Waals surface area contributed by atoms with Crippen molar-refractivity contribution in [3.63, 3.8) is 0 Å². The number of hydrogen-bond acceptors (Lipinski definition) is 2. The average molecular weight is 327 g/mol. The van der Waals surface area contributed by atoms with Crippen molar-refractivity contribution in [1.82, 2.24) is 4.90 Å². The van der Waals surface area contributed by atoms with Crippen molar-refractivity contribution in [2.24, 2.45) is 0 Å². The van der Waals surface area contributed by atoms with Crippen LogP contribution in [0.2, 0.25) is 0 Å². The molecular weight excluding hydrogens is 306 g/mol. The molecule has 0 N–H and O–H groups in total. The Labute approximate surface area is 139 Å². The van der Waals surface area contributed by atoms with Crippen LogP contribution in [0.4, 0.5) is 0 Å². The highest BCUT2D eigenvalue weighted by molar-refractivity contribution is 7.83. The summed E-state index contributed by atoms with van der Waals surface area (Å²) in [6.45, 7) is 1.73. The van der Waals surface area contributed by atoms with Gasteiger partial charge in [-0.3, -0.25) is 9.00 Å². The monoisotopic (exact) mass is 327 g/mol. The SMILES string of the molecule is O=C(c1ccc(CS(=O)Cc2ccccc2)cc1)N1CCCC1. The van der Waals surface area contributed by atoms with Crippen molar-refractivity contribution in [1.29, 1.82) is 0 Å². The first kappa shape index (κ1) is 15.9. The van der Waals surface area contributed by atoms with Gasteiger partial charge in [0.05, 0.1) is 0 Å². The van der Waals surface area contributed by atoms with Crippen molar-refractivity contribution in [2.75, 3.05) is 13.1 Å². The molecule has 1 atom stereocenters. The van der Waals surface area contributed by atoms with Gasteiger partial charge in [0, 0.05) is 41.0 Å². The summed E-state index contributed by atoms with van der Waals surface area (Å²) in [6, 6.07) is 17.4. The van der Waals surface area contributed by atoms with Crippen LogP contribution in [0.25, 0.3) is 0 Å². The largest absolute Gasteiger partial charge is 0.339 e. The van der Waals surface area contributed by atoms with Crippen molar-refractivity contribution in [3.8, 4) is 0 Å². The van der Waals surface area contributed by atoms with Crippen LogP contribution >= 0.6 is 0 Å². The number of amides is 1. The van der Waals surface area contributed by atoms with Crippen LogP contribution < -0.4 is 0 Å². The average Bonchev–Trinajstić information content (AvgIpc) is 3.10. The Kier molecular flexibility index (Phi) is 5.23. The van der Waals surface area contributed by atoms with E-state index in [0.717, 1.165) is 42.6 Å².